The zero-order valence-corrected chi connectivity index (χ0v) is 26.9. The third-order valence-corrected chi connectivity index (χ3v) is 7.81. The number of ether oxygens (including phenoxy) is 1. The van der Waals surface area contributed by atoms with Crippen LogP contribution in [0.25, 0.3) is 22.3 Å². The number of hydrogen-bond donors (Lipinski definition) is 0. The summed E-state index contributed by atoms with van der Waals surface area (Å²) in [5.74, 6) is -2.73. The number of carboxylic acids is 2. The Morgan fingerprint density at radius 2 is 0.978 bits per heavy atom. The van der Waals surface area contributed by atoms with Crippen LogP contribution < -0.4 is 10.2 Å². The third kappa shape index (κ3) is 10.0. The molecule has 45 heavy (non-hydrogen) atoms. The van der Waals surface area contributed by atoms with Crippen LogP contribution in [0, 0.1) is 0 Å². The summed E-state index contributed by atoms with van der Waals surface area (Å²) in [6.07, 6.45) is 4.04. The average molecular weight is 611 g/mol. The molecular weight excluding hydrogens is 568 g/mol. The smallest absolute Gasteiger partial charge is 0.126 e. The van der Waals surface area contributed by atoms with Crippen LogP contribution >= 0.6 is 0 Å². The summed E-state index contributed by atoms with van der Waals surface area (Å²) in [5.41, 5.74) is 5.33. The summed E-state index contributed by atoms with van der Waals surface area (Å²) in [6.45, 7) is 4.30. The lowest BCUT2D eigenvalue weighted by Crippen LogP contribution is -2.57. The van der Waals surface area contributed by atoms with Crippen LogP contribution in [-0.4, -0.2) is 71.3 Å². The van der Waals surface area contributed by atoms with E-state index in [-0.39, 0.29) is 0 Å². The highest BCUT2D eigenvalue weighted by molar-refractivity contribution is 5.72. The van der Waals surface area contributed by atoms with Gasteiger partial charge in [-0.2, -0.15) is 0 Å². The molecule has 4 aromatic rings. The van der Waals surface area contributed by atoms with E-state index in [9.17, 15) is 19.8 Å². The van der Waals surface area contributed by atoms with E-state index < -0.39 is 36.2 Å². The number of carboxylic acid groups (broad SMARTS) is 2. The minimum absolute atomic E-state index is 0.470. The number of hydrogen-bond acceptors (Lipinski definition) is 9. The molecule has 9 heteroatoms. The van der Waals surface area contributed by atoms with Crippen molar-refractivity contribution in [1.82, 2.24) is 19.8 Å². The van der Waals surface area contributed by atoms with Gasteiger partial charge in [-0.05, 0) is 78.1 Å². The number of nitrogens with zero attached hydrogens (tertiary/aromatic N) is 4. The summed E-state index contributed by atoms with van der Waals surface area (Å²) >= 11 is 0. The summed E-state index contributed by atoms with van der Waals surface area (Å²) in [7, 11) is 8.27. The molecule has 0 bridgehead atoms. The highest BCUT2D eigenvalue weighted by Gasteiger charge is 2.41. The van der Waals surface area contributed by atoms with Gasteiger partial charge in [0.1, 0.15) is 11.4 Å². The predicted octanol–water partition coefficient (Wildman–Crippen LogP) is 3.43. The van der Waals surface area contributed by atoms with E-state index in [1.807, 2.05) is 36.7 Å². The number of pyridine rings is 2. The van der Waals surface area contributed by atoms with Gasteiger partial charge in [0.25, 0.3) is 0 Å². The Kier molecular flexibility index (Phi) is 12.5. The van der Waals surface area contributed by atoms with Crippen molar-refractivity contribution in [3.05, 3.63) is 109 Å². The summed E-state index contributed by atoms with van der Waals surface area (Å²) in [5, 5.41) is 19.0. The monoisotopic (exact) mass is 610 g/mol. The molecule has 0 aliphatic heterocycles. The van der Waals surface area contributed by atoms with Crippen molar-refractivity contribution in [3.8, 4) is 22.3 Å². The maximum absolute atomic E-state index is 9.50. The van der Waals surface area contributed by atoms with Gasteiger partial charge in [0.05, 0.1) is 11.4 Å². The normalized spacial score (nSPS) is 13.8. The van der Waals surface area contributed by atoms with Crippen LogP contribution in [0.3, 0.4) is 0 Å². The third-order valence-electron chi connectivity index (χ3n) is 7.81. The van der Waals surface area contributed by atoms with Gasteiger partial charge >= 0.3 is 0 Å². The number of carbonyl (C=O) groups is 2. The minimum atomic E-state index is -1.37. The van der Waals surface area contributed by atoms with E-state index in [1.165, 1.54) is 0 Å². The van der Waals surface area contributed by atoms with Gasteiger partial charge in [-0.25, -0.2) is 0 Å². The lowest BCUT2D eigenvalue weighted by atomic mass is 9.96. The second-order valence-electron chi connectivity index (χ2n) is 11.6. The molecular formula is C36H42N4O5-2. The number of aromatic nitrogens is 2. The van der Waals surface area contributed by atoms with Gasteiger partial charge in [-0.1, -0.05) is 72.8 Å². The first-order valence-electron chi connectivity index (χ1n) is 14.8. The molecule has 4 rings (SSSR count). The molecule has 2 atom stereocenters. The van der Waals surface area contributed by atoms with Crippen LogP contribution in [0.4, 0.5) is 0 Å². The van der Waals surface area contributed by atoms with Crippen LogP contribution in [0.15, 0.2) is 97.3 Å². The van der Waals surface area contributed by atoms with Gasteiger partial charge in [-0.3, -0.25) is 19.8 Å². The molecule has 0 fully saturated rings. The Balaban J connectivity index is 0.000000610. The molecule has 2 unspecified atom stereocenters. The van der Waals surface area contributed by atoms with Gasteiger partial charge in [0, 0.05) is 48.3 Å². The van der Waals surface area contributed by atoms with Crippen LogP contribution in [0.1, 0.15) is 38.1 Å². The van der Waals surface area contributed by atoms with Gasteiger partial charge in [-0.15, -0.1) is 0 Å². The summed E-state index contributed by atoms with van der Waals surface area (Å²) < 4.78 is 7.11. The zero-order valence-electron chi connectivity index (χ0n) is 26.9. The number of benzene rings is 2. The van der Waals surface area contributed by atoms with Crippen molar-refractivity contribution in [2.45, 2.75) is 51.0 Å². The molecule has 0 aliphatic carbocycles. The Hall–Kier alpha value is -4.44. The molecule has 0 amide bonds. The Morgan fingerprint density at radius 1 is 0.622 bits per heavy atom. The number of carbonyl (C=O) groups excluding carboxylic acids is 2. The first-order valence-corrected chi connectivity index (χ1v) is 14.8. The molecule has 238 valence electrons. The molecule has 2 aromatic heterocycles. The van der Waals surface area contributed by atoms with E-state index in [1.54, 1.807) is 0 Å². The van der Waals surface area contributed by atoms with Gasteiger partial charge < -0.3 is 24.5 Å². The second kappa shape index (κ2) is 16.0. The standard InChI is InChI=1S/C32H38N4O.C4H6O4/c1-31(35(3)4,23-29-27(19-13-21-33-29)25-15-9-7-10-16-25)37-32(2,36(5)6)24-30-28(20-14-22-34-30)26-17-11-8-12-18-26;5-3(6)1-2-4(7)8/h7-22H,23-24H2,1-6H3;1-2H2,(H,5,6)(H,7,8)/p-2. The van der Waals surface area contributed by atoms with Crippen molar-refractivity contribution in [1.29, 1.82) is 0 Å². The van der Waals surface area contributed by atoms with Crippen molar-refractivity contribution in [3.63, 3.8) is 0 Å². The fourth-order valence-corrected chi connectivity index (χ4v) is 4.79. The average Bonchev–Trinajstić information content (AvgIpc) is 3.01. The Bertz CT molecular complexity index is 1420. The van der Waals surface area contributed by atoms with Gasteiger partial charge in [0.15, 0.2) is 0 Å². The molecule has 0 saturated carbocycles. The predicted molar refractivity (Wildman–Crippen MR) is 171 cm³/mol. The van der Waals surface area contributed by atoms with Crippen molar-refractivity contribution >= 4 is 11.9 Å². The first kappa shape index (κ1) is 35.0. The maximum Gasteiger partial charge on any atom is 0.126 e. The van der Waals surface area contributed by atoms with Crippen LogP contribution in [0.2, 0.25) is 0 Å². The molecule has 0 N–H and O–H groups in total. The van der Waals surface area contributed by atoms with Crippen LogP contribution in [0.5, 0.6) is 0 Å². The second-order valence-corrected chi connectivity index (χ2v) is 11.6. The number of likely N-dealkylation sites (N-methyl/N-ethyl adjacent to an activating group) is 2. The molecule has 9 nitrogen and oxygen atoms in total. The summed E-state index contributed by atoms with van der Waals surface area (Å²) in [4.78, 5) is 32.9. The molecule has 2 aromatic carbocycles. The van der Waals surface area contributed by atoms with Crippen molar-refractivity contribution < 1.29 is 24.5 Å². The van der Waals surface area contributed by atoms with E-state index in [2.05, 4.69) is 113 Å². The van der Waals surface area contributed by atoms with E-state index >= 15 is 0 Å². The topological polar surface area (TPSA) is 122 Å². The SMILES string of the molecule is CN(C)C(C)(Cc1ncccc1-c1ccccc1)OC(C)(Cc1ncccc1-c1ccccc1)N(C)C.O=C([O-])CCC(=O)[O-]. The van der Waals surface area contributed by atoms with Crippen LogP contribution in [-0.2, 0) is 27.2 Å². The quantitative estimate of drug-likeness (QED) is 0.210. The fourth-order valence-electron chi connectivity index (χ4n) is 4.79. The zero-order chi connectivity index (χ0) is 33.0. The number of aliphatic carboxylic acids is 2. The fraction of sp³-hybridized carbons (Fsp3) is 0.333. The maximum atomic E-state index is 9.50. The van der Waals surface area contributed by atoms with E-state index in [4.69, 9.17) is 14.7 Å². The molecule has 2 heterocycles. The lowest BCUT2D eigenvalue weighted by molar-refractivity contribution is -0.315. The number of rotatable bonds is 13. The van der Waals surface area contributed by atoms with Crippen molar-refractivity contribution in [2.75, 3.05) is 28.2 Å². The highest BCUT2D eigenvalue weighted by Crippen LogP contribution is 2.34. The highest BCUT2D eigenvalue weighted by atomic mass is 16.6. The van der Waals surface area contributed by atoms with Gasteiger partial charge in [0.2, 0.25) is 0 Å². The lowest BCUT2D eigenvalue weighted by Gasteiger charge is -2.47. The molecule has 0 spiro atoms. The Morgan fingerprint density at radius 3 is 1.29 bits per heavy atom. The molecule has 0 radical (unpaired) electrons. The largest absolute Gasteiger partial charge is 0.550 e. The molecule has 0 saturated heterocycles. The van der Waals surface area contributed by atoms with Crippen molar-refractivity contribution in [2.24, 2.45) is 0 Å². The first-order chi connectivity index (χ1) is 21.3. The van der Waals surface area contributed by atoms with E-state index in [0.717, 1.165) is 33.6 Å². The molecule has 0 aliphatic rings. The Labute approximate surface area is 266 Å². The summed E-state index contributed by atoms with van der Waals surface area (Å²) in [6, 6.07) is 29.1. The minimum Gasteiger partial charge on any atom is -0.550 e. The van der Waals surface area contributed by atoms with E-state index in [0.29, 0.717) is 12.8 Å².